The number of hydrogen-bond donors (Lipinski definition) is 0. The molecule has 0 N–H and O–H groups in total. The van der Waals surface area contributed by atoms with Gasteiger partial charge in [-0.15, -0.1) is 0 Å². The number of fused-ring (bicyclic) bond motifs is 2. The predicted octanol–water partition coefficient (Wildman–Crippen LogP) is 11.0. The molecule has 0 aliphatic carbocycles. The van der Waals surface area contributed by atoms with Gasteiger partial charge >= 0.3 is 0 Å². The first kappa shape index (κ1) is 27.8. The predicted molar refractivity (Wildman–Crippen MR) is 183 cm³/mol. The van der Waals surface area contributed by atoms with Crippen molar-refractivity contribution in [2.45, 2.75) is 53.4 Å². The number of aryl methyl sites for hydroxylation is 2. The van der Waals surface area contributed by atoms with E-state index < -0.39 is 0 Å². The lowest BCUT2D eigenvalue weighted by molar-refractivity contribution is 0.620. The molecule has 7 rings (SSSR count). The number of aromatic nitrogens is 3. The normalized spacial score (nSPS) is 11.8. The molecule has 44 heavy (non-hydrogen) atoms. The molecule has 0 aliphatic rings. The molecular weight excluding hydrogens is 538 g/mol. The summed E-state index contributed by atoms with van der Waals surface area (Å²) in [4.78, 5) is 10.4. The minimum Gasteiger partial charge on any atom is -0.435 e. The molecule has 0 saturated carbocycles. The summed E-state index contributed by atoms with van der Waals surface area (Å²) >= 11 is 0. The second-order valence-corrected chi connectivity index (χ2v) is 12.4. The molecular formula is C40H37N3O. The van der Waals surface area contributed by atoms with Crippen molar-refractivity contribution >= 4 is 22.1 Å². The van der Waals surface area contributed by atoms with E-state index >= 15 is 0 Å². The number of imidazole rings is 1. The molecule has 0 aliphatic heterocycles. The minimum atomic E-state index is 0.342. The first-order chi connectivity index (χ1) is 21.3. The summed E-state index contributed by atoms with van der Waals surface area (Å²) in [5, 5.41) is 0. The molecule has 2 aromatic heterocycles. The Morgan fingerprint density at radius 2 is 1.25 bits per heavy atom. The van der Waals surface area contributed by atoms with Gasteiger partial charge in [0.1, 0.15) is 11.3 Å². The van der Waals surface area contributed by atoms with Crippen molar-refractivity contribution in [1.29, 1.82) is 0 Å². The maximum Gasteiger partial charge on any atom is 0.227 e. The molecule has 4 heteroatoms. The average molecular weight is 576 g/mol. The highest BCUT2D eigenvalue weighted by Crippen LogP contribution is 2.42. The van der Waals surface area contributed by atoms with E-state index in [0.717, 1.165) is 44.6 Å². The van der Waals surface area contributed by atoms with Crippen molar-refractivity contribution < 1.29 is 4.42 Å². The third kappa shape index (κ3) is 4.62. The van der Waals surface area contributed by atoms with Gasteiger partial charge < -0.3 is 4.42 Å². The number of nitrogens with zero attached hydrogens (tertiary/aromatic N) is 3. The molecule has 7 aromatic rings. The molecule has 0 amide bonds. The Bertz CT molecular complexity index is 2100. The minimum absolute atomic E-state index is 0.342. The Hall–Kier alpha value is -4.96. The Morgan fingerprint density at radius 3 is 1.93 bits per heavy atom. The van der Waals surface area contributed by atoms with Crippen LogP contribution in [0.2, 0.25) is 0 Å². The number of rotatable bonds is 6. The molecule has 5 aromatic carbocycles. The quantitative estimate of drug-likeness (QED) is 0.198. The van der Waals surface area contributed by atoms with E-state index in [0.29, 0.717) is 17.7 Å². The van der Waals surface area contributed by atoms with Crippen LogP contribution in [-0.2, 0) is 0 Å². The zero-order valence-electron chi connectivity index (χ0n) is 26.2. The van der Waals surface area contributed by atoms with E-state index in [2.05, 4.69) is 119 Å². The molecule has 0 bridgehead atoms. The zero-order chi connectivity index (χ0) is 30.5. The average Bonchev–Trinajstić information content (AvgIpc) is 3.63. The fourth-order valence-corrected chi connectivity index (χ4v) is 6.51. The molecule has 218 valence electrons. The van der Waals surface area contributed by atoms with Gasteiger partial charge in [-0.05, 0) is 89.9 Å². The molecule has 2 heterocycles. The van der Waals surface area contributed by atoms with E-state index in [1.165, 1.54) is 33.5 Å². The van der Waals surface area contributed by atoms with E-state index in [1.54, 1.807) is 0 Å². The lowest BCUT2D eigenvalue weighted by Crippen LogP contribution is -2.08. The Balaban J connectivity index is 1.59. The van der Waals surface area contributed by atoms with Gasteiger partial charge in [0.2, 0.25) is 5.89 Å². The van der Waals surface area contributed by atoms with Crippen LogP contribution in [-0.4, -0.2) is 14.5 Å². The zero-order valence-corrected chi connectivity index (χ0v) is 26.2. The summed E-state index contributed by atoms with van der Waals surface area (Å²) in [6.45, 7) is 13.4. The number of para-hydroxylation sites is 3. The van der Waals surface area contributed by atoms with Gasteiger partial charge in [0.25, 0.3) is 0 Å². The molecule has 0 fully saturated rings. The summed E-state index contributed by atoms with van der Waals surface area (Å²) in [6.07, 6.45) is 0. The van der Waals surface area contributed by atoms with Crippen LogP contribution in [0, 0.1) is 13.8 Å². The van der Waals surface area contributed by atoms with Crippen LogP contribution in [0.15, 0.2) is 108 Å². The van der Waals surface area contributed by atoms with Gasteiger partial charge in [-0.2, -0.15) is 0 Å². The molecule has 0 saturated heterocycles. The third-order valence-corrected chi connectivity index (χ3v) is 8.65. The first-order valence-electron chi connectivity index (χ1n) is 15.5. The van der Waals surface area contributed by atoms with Crippen LogP contribution in [0.1, 0.15) is 61.8 Å². The summed E-state index contributed by atoms with van der Waals surface area (Å²) < 4.78 is 8.96. The van der Waals surface area contributed by atoms with Crippen LogP contribution in [0.4, 0.5) is 0 Å². The first-order valence-corrected chi connectivity index (χ1v) is 15.5. The third-order valence-electron chi connectivity index (χ3n) is 8.65. The van der Waals surface area contributed by atoms with Crippen molar-refractivity contribution in [3.8, 4) is 39.7 Å². The summed E-state index contributed by atoms with van der Waals surface area (Å²) in [7, 11) is 0. The monoisotopic (exact) mass is 575 g/mol. The lowest BCUT2D eigenvalue weighted by Gasteiger charge is -2.22. The molecule has 0 radical (unpaired) electrons. The van der Waals surface area contributed by atoms with Crippen molar-refractivity contribution in [3.63, 3.8) is 0 Å². The highest BCUT2D eigenvalue weighted by molar-refractivity contribution is 5.97. The second-order valence-electron chi connectivity index (χ2n) is 12.4. The number of oxazole rings is 1. The Labute approximate surface area is 259 Å². The maximum atomic E-state index is 6.58. The SMILES string of the molecule is Cc1cccc(C)c1-c1cc(-c2nc3ccccc3n2-c2c(C(C)C)cccc2C(C)C)cc2nc(-c3ccccc3)oc12. The Kier molecular flexibility index (Phi) is 6.93. The number of benzene rings is 5. The fraction of sp³-hybridized carbons (Fsp3) is 0.200. The van der Waals surface area contributed by atoms with E-state index in [-0.39, 0.29) is 0 Å². The van der Waals surface area contributed by atoms with Crippen molar-refractivity contribution in [1.82, 2.24) is 14.5 Å². The highest BCUT2D eigenvalue weighted by Gasteiger charge is 2.24. The van der Waals surface area contributed by atoms with Crippen molar-refractivity contribution in [2.24, 2.45) is 0 Å². The smallest absolute Gasteiger partial charge is 0.227 e. The molecule has 0 atom stereocenters. The highest BCUT2D eigenvalue weighted by atomic mass is 16.3. The summed E-state index contributed by atoms with van der Waals surface area (Å²) in [6, 6.07) is 36.1. The van der Waals surface area contributed by atoms with Gasteiger partial charge in [-0.3, -0.25) is 4.57 Å². The fourth-order valence-electron chi connectivity index (χ4n) is 6.51. The van der Waals surface area contributed by atoms with E-state index in [4.69, 9.17) is 14.4 Å². The van der Waals surface area contributed by atoms with Crippen LogP contribution >= 0.6 is 0 Å². The van der Waals surface area contributed by atoms with Crippen molar-refractivity contribution in [2.75, 3.05) is 0 Å². The standard InChI is InChI=1S/C40H37N3O/c1-24(2)30-18-13-19-31(25(3)4)37(30)43-35-21-11-10-20-33(35)41-39(43)29-22-32(36-26(5)14-12-15-27(36)6)38-34(23-29)42-40(44-38)28-16-8-7-9-17-28/h7-25H,1-6H3. The Morgan fingerprint density at radius 1 is 0.614 bits per heavy atom. The van der Waals surface area contributed by atoms with Gasteiger partial charge in [0.05, 0.1) is 16.7 Å². The van der Waals surface area contributed by atoms with E-state index in [9.17, 15) is 0 Å². The van der Waals surface area contributed by atoms with Crippen molar-refractivity contribution in [3.05, 3.63) is 125 Å². The van der Waals surface area contributed by atoms with Gasteiger partial charge in [-0.1, -0.05) is 94.4 Å². The van der Waals surface area contributed by atoms with Gasteiger partial charge in [-0.25, -0.2) is 9.97 Å². The second kappa shape index (κ2) is 10.9. The summed E-state index contributed by atoms with van der Waals surface area (Å²) in [5.41, 5.74) is 14.1. The lowest BCUT2D eigenvalue weighted by atomic mass is 9.91. The van der Waals surface area contributed by atoms with Gasteiger partial charge in [0, 0.05) is 16.7 Å². The van der Waals surface area contributed by atoms with Crippen LogP contribution in [0.5, 0.6) is 0 Å². The maximum absolute atomic E-state index is 6.58. The van der Waals surface area contributed by atoms with Gasteiger partial charge in [0.15, 0.2) is 5.58 Å². The topological polar surface area (TPSA) is 43.9 Å². The molecule has 0 unspecified atom stereocenters. The van der Waals surface area contributed by atoms with Crippen LogP contribution in [0.3, 0.4) is 0 Å². The largest absolute Gasteiger partial charge is 0.435 e. The molecule has 4 nitrogen and oxygen atoms in total. The van der Waals surface area contributed by atoms with Crippen LogP contribution < -0.4 is 0 Å². The van der Waals surface area contributed by atoms with Crippen LogP contribution in [0.25, 0.3) is 61.8 Å². The van der Waals surface area contributed by atoms with E-state index in [1.807, 2.05) is 30.3 Å². The summed E-state index contributed by atoms with van der Waals surface area (Å²) in [5.74, 6) is 2.20. The number of hydrogen-bond acceptors (Lipinski definition) is 3. The molecule has 0 spiro atoms.